The molecule has 23 heavy (non-hydrogen) atoms. The van der Waals surface area contributed by atoms with E-state index < -0.39 is 0 Å². The first-order valence-electron chi connectivity index (χ1n) is 7.08. The van der Waals surface area contributed by atoms with Crippen LogP contribution in [0, 0.1) is 6.92 Å². The van der Waals surface area contributed by atoms with Crippen molar-refractivity contribution in [2.45, 2.75) is 13.5 Å². The molecule has 0 aliphatic heterocycles. The monoisotopic (exact) mass is 325 g/mol. The summed E-state index contributed by atoms with van der Waals surface area (Å²) in [6, 6.07) is 15.5. The van der Waals surface area contributed by atoms with Crippen molar-refractivity contribution in [2.75, 3.05) is 5.32 Å². The fraction of sp³-hybridized carbons (Fsp3) is 0.118. The number of benzene rings is 2. The number of aromatic nitrogens is 2. The zero-order valence-corrected chi connectivity index (χ0v) is 13.3. The van der Waals surface area contributed by atoms with Crippen molar-refractivity contribution in [3.8, 4) is 5.75 Å². The third kappa shape index (κ3) is 3.92. The molecule has 0 aliphatic rings. The number of ether oxygens (including phenoxy) is 1. The van der Waals surface area contributed by atoms with Crippen molar-refractivity contribution in [2.24, 2.45) is 0 Å². The molecule has 0 radical (unpaired) electrons. The predicted molar refractivity (Wildman–Crippen MR) is 89.8 cm³/mol. The van der Waals surface area contributed by atoms with Gasteiger partial charge in [-0.2, -0.15) is 0 Å². The molecule has 6 heteroatoms. The average molecular weight is 325 g/mol. The number of nitrogens with zero attached hydrogens (tertiary/aromatic N) is 2. The standard InChI is InChI=1S/C17H15N3O2S/c1-12-9-14(22-10-13-5-3-2-4-6-13)7-8-15(12)18-17(21)16-11-23-20-19-16/h2-9,11H,10H2,1H3,(H,18,21). The Bertz CT molecular complexity index is 789. The summed E-state index contributed by atoms with van der Waals surface area (Å²) in [5.41, 5.74) is 3.08. The minimum atomic E-state index is -0.264. The smallest absolute Gasteiger partial charge is 0.277 e. The molecule has 0 atom stereocenters. The Labute approximate surface area is 138 Å². The van der Waals surface area contributed by atoms with Crippen molar-refractivity contribution in [3.63, 3.8) is 0 Å². The van der Waals surface area contributed by atoms with E-state index in [-0.39, 0.29) is 5.91 Å². The number of rotatable bonds is 5. The molecule has 5 nitrogen and oxygen atoms in total. The minimum Gasteiger partial charge on any atom is -0.489 e. The van der Waals surface area contributed by atoms with Gasteiger partial charge in [-0.25, -0.2) is 0 Å². The molecule has 116 valence electrons. The molecule has 1 amide bonds. The second kappa shape index (κ2) is 7.02. The lowest BCUT2D eigenvalue weighted by atomic mass is 10.2. The number of anilines is 1. The van der Waals surface area contributed by atoms with Crippen molar-refractivity contribution in [3.05, 3.63) is 70.7 Å². The Balaban J connectivity index is 1.65. The van der Waals surface area contributed by atoms with Gasteiger partial charge in [0, 0.05) is 11.1 Å². The second-order valence-corrected chi connectivity index (χ2v) is 5.61. The number of carbonyl (C=O) groups excluding carboxylic acids is 1. The zero-order chi connectivity index (χ0) is 16.1. The largest absolute Gasteiger partial charge is 0.489 e. The van der Waals surface area contributed by atoms with Gasteiger partial charge in [0.2, 0.25) is 0 Å². The van der Waals surface area contributed by atoms with Gasteiger partial charge in [-0.15, -0.1) is 5.10 Å². The average Bonchev–Trinajstić information content (AvgIpc) is 3.11. The maximum atomic E-state index is 12.0. The predicted octanol–water partition coefficient (Wildman–Crippen LogP) is 3.68. The Morgan fingerprint density at radius 3 is 2.74 bits per heavy atom. The molecule has 3 aromatic rings. The second-order valence-electron chi connectivity index (χ2n) is 5.00. The van der Waals surface area contributed by atoms with Crippen LogP contribution in [0.3, 0.4) is 0 Å². The van der Waals surface area contributed by atoms with Gasteiger partial charge in [0.05, 0.1) is 0 Å². The molecular weight excluding hydrogens is 310 g/mol. The van der Waals surface area contributed by atoms with Gasteiger partial charge >= 0.3 is 0 Å². The highest BCUT2D eigenvalue weighted by Gasteiger charge is 2.10. The van der Waals surface area contributed by atoms with Gasteiger partial charge in [0.15, 0.2) is 5.69 Å². The fourth-order valence-electron chi connectivity index (χ4n) is 2.06. The van der Waals surface area contributed by atoms with E-state index in [0.29, 0.717) is 12.3 Å². The Kier molecular flexibility index (Phi) is 4.63. The number of hydrogen-bond donors (Lipinski definition) is 1. The SMILES string of the molecule is Cc1cc(OCc2ccccc2)ccc1NC(=O)c1csnn1. The Hall–Kier alpha value is -2.73. The van der Waals surface area contributed by atoms with E-state index in [4.69, 9.17) is 4.74 Å². The molecule has 1 N–H and O–H groups in total. The summed E-state index contributed by atoms with van der Waals surface area (Å²) in [7, 11) is 0. The van der Waals surface area contributed by atoms with Gasteiger partial charge in [-0.3, -0.25) is 4.79 Å². The van der Waals surface area contributed by atoms with Crippen molar-refractivity contribution >= 4 is 23.1 Å². The van der Waals surface area contributed by atoms with Crippen LogP contribution in [-0.4, -0.2) is 15.5 Å². The summed E-state index contributed by atoms with van der Waals surface area (Å²) in [6.45, 7) is 2.43. The lowest BCUT2D eigenvalue weighted by Gasteiger charge is -2.11. The summed E-state index contributed by atoms with van der Waals surface area (Å²) in [6.07, 6.45) is 0. The van der Waals surface area contributed by atoms with Gasteiger partial charge in [0.25, 0.3) is 5.91 Å². The molecule has 1 heterocycles. The summed E-state index contributed by atoms with van der Waals surface area (Å²) in [5.74, 6) is 0.500. The molecule has 0 fully saturated rings. The van der Waals surface area contributed by atoms with Crippen LogP contribution in [0.15, 0.2) is 53.9 Å². The van der Waals surface area contributed by atoms with E-state index in [1.54, 1.807) is 5.38 Å². The number of hydrogen-bond acceptors (Lipinski definition) is 5. The van der Waals surface area contributed by atoms with E-state index in [9.17, 15) is 4.79 Å². The Morgan fingerprint density at radius 1 is 1.22 bits per heavy atom. The summed E-state index contributed by atoms with van der Waals surface area (Å²) in [5, 5.41) is 8.19. The lowest BCUT2D eigenvalue weighted by Crippen LogP contribution is -2.13. The number of carbonyl (C=O) groups is 1. The third-order valence-corrected chi connectivity index (χ3v) is 3.79. The third-order valence-electron chi connectivity index (χ3n) is 3.29. The van der Waals surface area contributed by atoms with Crippen LogP contribution in [0.5, 0.6) is 5.75 Å². The van der Waals surface area contributed by atoms with Gasteiger partial charge in [0.1, 0.15) is 12.4 Å². The molecular formula is C17H15N3O2S. The van der Waals surface area contributed by atoms with Crippen molar-refractivity contribution < 1.29 is 9.53 Å². The topological polar surface area (TPSA) is 64.1 Å². The van der Waals surface area contributed by atoms with Crippen molar-refractivity contribution in [1.29, 1.82) is 0 Å². The van der Waals surface area contributed by atoms with Crippen LogP contribution < -0.4 is 10.1 Å². The lowest BCUT2D eigenvalue weighted by molar-refractivity contribution is 0.102. The summed E-state index contributed by atoms with van der Waals surface area (Å²) >= 11 is 1.15. The zero-order valence-electron chi connectivity index (χ0n) is 12.5. The molecule has 0 bridgehead atoms. The quantitative estimate of drug-likeness (QED) is 0.777. The normalized spacial score (nSPS) is 10.3. The molecule has 1 aromatic heterocycles. The first kappa shape index (κ1) is 15.2. The van der Waals surface area contributed by atoms with Gasteiger partial charge in [-0.1, -0.05) is 34.8 Å². The highest BCUT2D eigenvalue weighted by molar-refractivity contribution is 7.03. The molecule has 2 aromatic carbocycles. The number of amides is 1. The molecule has 0 unspecified atom stereocenters. The van der Waals surface area contributed by atoms with Crippen LogP contribution >= 0.6 is 11.5 Å². The van der Waals surface area contributed by atoms with Crippen LogP contribution in [0.1, 0.15) is 21.6 Å². The molecule has 0 aliphatic carbocycles. The maximum Gasteiger partial charge on any atom is 0.277 e. The highest BCUT2D eigenvalue weighted by atomic mass is 32.1. The molecule has 0 saturated carbocycles. The van der Waals surface area contributed by atoms with E-state index in [0.717, 1.165) is 34.1 Å². The fourth-order valence-corrected chi connectivity index (χ4v) is 2.49. The molecule has 0 spiro atoms. The first-order valence-corrected chi connectivity index (χ1v) is 7.92. The number of aryl methyl sites for hydroxylation is 1. The maximum absolute atomic E-state index is 12.0. The van der Waals surface area contributed by atoms with E-state index >= 15 is 0 Å². The highest BCUT2D eigenvalue weighted by Crippen LogP contribution is 2.22. The van der Waals surface area contributed by atoms with Gasteiger partial charge in [-0.05, 0) is 47.8 Å². The van der Waals surface area contributed by atoms with Gasteiger partial charge < -0.3 is 10.1 Å². The molecule has 0 saturated heterocycles. The summed E-state index contributed by atoms with van der Waals surface area (Å²) in [4.78, 5) is 12.0. The molecule has 3 rings (SSSR count). The Morgan fingerprint density at radius 2 is 2.04 bits per heavy atom. The van der Waals surface area contributed by atoms with Crippen LogP contribution in [-0.2, 0) is 6.61 Å². The van der Waals surface area contributed by atoms with Crippen LogP contribution in [0.4, 0.5) is 5.69 Å². The van der Waals surface area contributed by atoms with E-state index in [1.165, 1.54) is 0 Å². The summed E-state index contributed by atoms with van der Waals surface area (Å²) < 4.78 is 9.46. The van der Waals surface area contributed by atoms with Crippen molar-refractivity contribution in [1.82, 2.24) is 9.59 Å². The van der Waals surface area contributed by atoms with E-state index in [2.05, 4.69) is 14.9 Å². The minimum absolute atomic E-state index is 0.264. The van der Waals surface area contributed by atoms with Crippen LogP contribution in [0.25, 0.3) is 0 Å². The first-order chi connectivity index (χ1) is 11.2. The van der Waals surface area contributed by atoms with Crippen LogP contribution in [0.2, 0.25) is 0 Å². The van der Waals surface area contributed by atoms with E-state index in [1.807, 2.05) is 55.5 Å². The number of nitrogens with one attached hydrogen (secondary N) is 1.